The fourth-order valence-corrected chi connectivity index (χ4v) is 5.17. The molecule has 1 amide bonds. The highest BCUT2D eigenvalue weighted by molar-refractivity contribution is 6.29. The molecule has 2 atom stereocenters. The number of aliphatic hydroxyl groups is 1. The van der Waals surface area contributed by atoms with E-state index in [9.17, 15) is 9.90 Å². The van der Waals surface area contributed by atoms with Gasteiger partial charge in [0, 0.05) is 25.1 Å². The van der Waals surface area contributed by atoms with E-state index in [1.54, 1.807) is 27.0 Å². The number of halogens is 1. The van der Waals surface area contributed by atoms with Crippen LogP contribution in [0, 0.1) is 5.41 Å². The van der Waals surface area contributed by atoms with Gasteiger partial charge in [-0.05, 0) is 43.4 Å². The van der Waals surface area contributed by atoms with E-state index >= 15 is 0 Å². The molecule has 2 aromatic rings. The summed E-state index contributed by atoms with van der Waals surface area (Å²) < 4.78 is 17.3. The van der Waals surface area contributed by atoms with Gasteiger partial charge in [0.05, 0.1) is 33.2 Å². The minimum atomic E-state index is -1.25. The third-order valence-corrected chi connectivity index (χ3v) is 7.61. The van der Waals surface area contributed by atoms with Gasteiger partial charge in [0.2, 0.25) is 5.91 Å². The van der Waals surface area contributed by atoms with Crippen molar-refractivity contribution in [3.8, 4) is 11.5 Å². The van der Waals surface area contributed by atoms with Crippen LogP contribution in [0.2, 0.25) is 5.15 Å². The number of hydrogen-bond acceptors (Lipinski definition) is 8. The normalized spacial score (nSPS) is 22.2. The summed E-state index contributed by atoms with van der Waals surface area (Å²) in [4.78, 5) is 25.2. The first-order valence-corrected chi connectivity index (χ1v) is 13.1. The molecule has 0 radical (unpaired) electrons. The second-order valence-electron chi connectivity index (χ2n) is 10.6. The smallest absolute Gasteiger partial charge is 0.224 e. The van der Waals surface area contributed by atoms with E-state index in [-0.39, 0.29) is 36.4 Å². The SMILES string of the molecule is CCC1(C)CN(C(=O)CCOC(C)(C)O)CC1c1ccc(OC)c(OC2CN(c3cc(Cl)ncn3)C2)c1. The van der Waals surface area contributed by atoms with Gasteiger partial charge in [-0.3, -0.25) is 4.79 Å². The van der Waals surface area contributed by atoms with Crippen molar-refractivity contribution in [3.05, 3.63) is 41.3 Å². The molecule has 2 fully saturated rings. The van der Waals surface area contributed by atoms with Gasteiger partial charge in [-0.2, -0.15) is 0 Å². The molecule has 0 spiro atoms. The van der Waals surface area contributed by atoms with Gasteiger partial charge < -0.3 is 29.1 Å². The Morgan fingerprint density at radius 3 is 2.62 bits per heavy atom. The maximum Gasteiger partial charge on any atom is 0.224 e. The number of benzene rings is 1. The Kier molecular flexibility index (Phi) is 8.16. The molecular formula is C27H37ClN4O5. The summed E-state index contributed by atoms with van der Waals surface area (Å²) in [5, 5.41) is 10.2. The van der Waals surface area contributed by atoms with Crippen molar-refractivity contribution >= 4 is 23.3 Å². The second kappa shape index (κ2) is 11.0. The van der Waals surface area contributed by atoms with Crippen LogP contribution < -0.4 is 14.4 Å². The van der Waals surface area contributed by atoms with Crippen molar-refractivity contribution < 1.29 is 24.1 Å². The minimum absolute atomic E-state index is 0.00659. The Balaban J connectivity index is 1.44. The maximum absolute atomic E-state index is 12.9. The Morgan fingerprint density at radius 2 is 1.97 bits per heavy atom. The summed E-state index contributed by atoms with van der Waals surface area (Å²) >= 11 is 6.00. The number of anilines is 1. The van der Waals surface area contributed by atoms with Gasteiger partial charge in [0.15, 0.2) is 17.3 Å². The molecule has 37 heavy (non-hydrogen) atoms. The molecule has 9 nitrogen and oxygen atoms in total. The van der Waals surface area contributed by atoms with Crippen molar-refractivity contribution in [1.82, 2.24) is 14.9 Å². The quantitative estimate of drug-likeness (QED) is 0.364. The number of nitrogens with zero attached hydrogens (tertiary/aromatic N) is 4. The number of aromatic nitrogens is 2. The van der Waals surface area contributed by atoms with Crippen molar-refractivity contribution in [2.24, 2.45) is 5.41 Å². The van der Waals surface area contributed by atoms with Crippen LogP contribution in [0.15, 0.2) is 30.6 Å². The van der Waals surface area contributed by atoms with E-state index in [4.69, 9.17) is 25.8 Å². The summed E-state index contributed by atoms with van der Waals surface area (Å²) in [6.07, 6.45) is 2.62. The molecule has 10 heteroatoms. The topological polar surface area (TPSA) is 97.2 Å². The molecule has 2 unspecified atom stereocenters. The molecule has 2 aliphatic heterocycles. The summed E-state index contributed by atoms with van der Waals surface area (Å²) in [6.45, 7) is 10.4. The number of carbonyl (C=O) groups is 1. The van der Waals surface area contributed by atoms with Gasteiger partial charge in [0.25, 0.3) is 0 Å². The number of carbonyl (C=O) groups excluding carboxylic acids is 1. The number of amides is 1. The third-order valence-electron chi connectivity index (χ3n) is 7.40. The van der Waals surface area contributed by atoms with Crippen LogP contribution in [0.1, 0.15) is 52.0 Å². The largest absolute Gasteiger partial charge is 0.493 e. The third kappa shape index (κ3) is 6.45. The predicted octanol–water partition coefficient (Wildman–Crippen LogP) is 3.88. The molecule has 2 saturated heterocycles. The van der Waals surface area contributed by atoms with Crippen LogP contribution in [-0.4, -0.2) is 77.7 Å². The molecular weight excluding hydrogens is 496 g/mol. The lowest BCUT2D eigenvalue weighted by atomic mass is 9.74. The van der Waals surface area contributed by atoms with Crippen LogP contribution in [0.25, 0.3) is 0 Å². The molecule has 1 N–H and O–H groups in total. The van der Waals surface area contributed by atoms with Crippen LogP contribution in [0.3, 0.4) is 0 Å². The van der Waals surface area contributed by atoms with Crippen LogP contribution in [-0.2, 0) is 9.53 Å². The lowest BCUT2D eigenvalue weighted by molar-refractivity contribution is -0.178. The Bertz CT molecular complexity index is 1100. The van der Waals surface area contributed by atoms with Crippen molar-refractivity contribution in [1.29, 1.82) is 0 Å². The van der Waals surface area contributed by atoms with E-state index in [0.29, 0.717) is 42.8 Å². The van der Waals surface area contributed by atoms with Crippen molar-refractivity contribution in [2.45, 2.75) is 58.3 Å². The zero-order chi connectivity index (χ0) is 26.8. The summed E-state index contributed by atoms with van der Waals surface area (Å²) in [5.41, 5.74) is 1.06. The first-order chi connectivity index (χ1) is 17.5. The van der Waals surface area contributed by atoms with E-state index < -0.39 is 5.79 Å². The van der Waals surface area contributed by atoms with Crippen LogP contribution in [0.4, 0.5) is 5.82 Å². The van der Waals surface area contributed by atoms with Gasteiger partial charge in [-0.1, -0.05) is 31.5 Å². The summed E-state index contributed by atoms with van der Waals surface area (Å²) in [7, 11) is 1.64. The summed E-state index contributed by atoms with van der Waals surface area (Å²) in [6, 6.07) is 7.83. The first kappa shape index (κ1) is 27.4. The fraction of sp³-hybridized carbons (Fsp3) is 0.593. The predicted molar refractivity (Wildman–Crippen MR) is 141 cm³/mol. The Morgan fingerprint density at radius 1 is 1.22 bits per heavy atom. The van der Waals surface area contributed by atoms with E-state index in [0.717, 1.165) is 17.8 Å². The van der Waals surface area contributed by atoms with Crippen molar-refractivity contribution in [3.63, 3.8) is 0 Å². The maximum atomic E-state index is 12.9. The van der Waals surface area contributed by atoms with Crippen molar-refractivity contribution in [2.75, 3.05) is 44.8 Å². The number of rotatable bonds is 10. The standard InChI is InChI=1S/C27H37ClN4O5/c1-6-27(4)16-32(25(33)9-10-36-26(2,3)34)15-20(27)18-7-8-21(35-5)22(11-18)37-19-13-31(14-19)24-12-23(28)29-17-30-24/h7-8,11-12,17,19-20,34H,6,9-10,13-16H2,1-5H3. The minimum Gasteiger partial charge on any atom is -0.493 e. The molecule has 2 aliphatic rings. The monoisotopic (exact) mass is 532 g/mol. The molecule has 4 rings (SSSR count). The van der Waals surface area contributed by atoms with Gasteiger partial charge in [-0.15, -0.1) is 0 Å². The highest BCUT2D eigenvalue weighted by Gasteiger charge is 2.44. The van der Waals surface area contributed by atoms with Gasteiger partial charge >= 0.3 is 0 Å². The van der Waals surface area contributed by atoms with E-state index in [2.05, 4.69) is 40.8 Å². The molecule has 0 aliphatic carbocycles. The van der Waals surface area contributed by atoms with E-state index in [1.807, 2.05) is 11.0 Å². The van der Waals surface area contributed by atoms with E-state index in [1.165, 1.54) is 6.33 Å². The highest BCUT2D eigenvalue weighted by atomic mass is 35.5. The summed E-state index contributed by atoms with van der Waals surface area (Å²) in [5.74, 6) is 1.11. The average Bonchev–Trinajstić information content (AvgIpc) is 3.18. The Hall–Kier alpha value is -2.62. The Labute approximate surface area is 223 Å². The van der Waals surface area contributed by atoms with Crippen LogP contribution >= 0.6 is 11.6 Å². The zero-order valence-electron chi connectivity index (χ0n) is 22.2. The number of ether oxygens (including phenoxy) is 3. The van der Waals surface area contributed by atoms with Gasteiger partial charge in [0.1, 0.15) is 23.4 Å². The lowest BCUT2D eigenvalue weighted by Crippen LogP contribution is -2.54. The average molecular weight is 533 g/mol. The molecule has 0 bridgehead atoms. The number of likely N-dealkylation sites (tertiary alicyclic amines) is 1. The van der Waals surface area contributed by atoms with Crippen LogP contribution in [0.5, 0.6) is 11.5 Å². The second-order valence-corrected chi connectivity index (χ2v) is 11.0. The molecule has 1 aromatic carbocycles. The molecule has 3 heterocycles. The molecule has 202 valence electrons. The highest BCUT2D eigenvalue weighted by Crippen LogP contribution is 2.47. The lowest BCUT2D eigenvalue weighted by Gasteiger charge is -2.40. The zero-order valence-corrected chi connectivity index (χ0v) is 23.0. The van der Waals surface area contributed by atoms with Gasteiger partial charge in [-0.25, -0.2) is 9.97 Å². The molecule has 1 aromatic heterocycles. The first-order valence-electron chi connectivity index (χ1n) is 12.7. The number of hydrogen-bond donors (Lipinski definition) is 1. The fourth-order valence-electron chi connectivity index (χ4n) is 5.03. The number of methoxy groups -OCH3 is 1. The molecule has 0 saturated carbocycles.